The highest BCUT2D eigenvalue weighted by Gasteiger charge is 2.10. The number of carbonyl (C=O) groups is 1. The van der Waals surface area contributed by atoms with Gasteiger partial charge in [-0.05, 0) is 17.5 Å². The van der Waals surface area contributed by atoms with Crippen LogP contribution >= 0.6 is 0 Å². The minimum atomic E-state index is -0.461. The molecule has 0 fully saturated rings. The Labute approximate surface area is 76.9 Å². The van der Waals surface area contributed by atoms with Gasteiger partial charge in [-0.3, -0.25) is 4.79 Å². The largest absolute Gasteiger partial charge is 0.420 e. The van der Waals surface area contributed by atoms with E-state index in [2.05, 4.69) is 20.8 Å². The van der Waals surface area contributed by atoms with Crippen molar-refractivity contribution in [3.8, 4) is 0 Å². The molecule has 0 aromatic rings. The van der Waals surface area contributed by atoms with E-state index < -0.39 is 9.76 Å². The quantitative estimate of drug-likeness (QED) is 0.287. The van der Waals surface area contributed by atoms with Crippen molar-refractivity contribution >= 4 is 16.0 Å². The van der Waals surface area contributed by atoms with Crippen LogP contribution in [0, 0.1) is 0 Å². The fraction of sp³-hybridized carbons (Fsp3) is 0.667. The molecule has 0 aliphatic heterocycles. The second-order valence-corrected chi connectivity index (χ2v) is 6.96. The van der Waals surface area contributed by atoms with Gasteiger partial charge in [0.1, 0.15) is 6.29 Å². The van der Waals surface area contributed by atoms with Crippen LogP contribution in [0.4, 0.5) is 0 Å². The lowest BCUT2D eigenvalue weighted by Crippen LogP contribution is -2.12. The Balaban J connectivity index is 3.52. The molecule has 0 N–H and O–H groups in total. The molecule has 70 valence electrons. The summed E-state index contributed by atoms with van der Waals surface area (Å²) in [4.78, 5) is 10.2. The Morgan fingerprint density at radius 1 is 1.50 bits per heavy atom. The summed E-state index contributed by atoms with van der Waals surface area (Å²) in [5.41, 5.74) is 0.748. The van der Waals surface area contributed by atoms with E-state index in [0.717, 1.165) is 11.9 Å². The van der Waals surface area contributed by atoms with Crippen LogP contribution in [0.15, 0.2) is 11.6 Å². The first-order chi connectivity index (χ1) is 5.45. The van der Waals surface area contributed by atoms with Gasteiger partial charge < -0.3 is 4.43 Å². The van der Waals surface area contributed by atoms with Gasteiger partial charge in [0.2, 0.25) is 0 Å². The van der Waals surface area contributed by atoms with Crippen LogP contribution in [0.3, 0.4) is 0 Å². The number of rotatable bonds is 4. The molecule has 12 heavy (non-hydrogen) atoms. The van der Waals surface area contributed by atoms with Crippen molar-refractivity contribution < 1.29 is 9.22 Å². The lowest BCUT2D eigenvalue weighted by Gasteiger charge is -2.16. The van der Waals surface area contributed by atoms with Crippen LogP contribution < -0.4 is 0 Å². The van der Waals surface area contributed by atoms with Gasteiger partial charge in [0, 0.05) is 0 Å². The normalized spacial score (nSPS) is 14.2. The number of aldehydes is 1. The molecular weight excluding hydrogens is 168 g/mol. The maximum absolute atomic E-state index is 10.2. The van der Waals surface area contributed by atoms with Crippen molar-refractivity contribution in [2.75, 3.05) is 6.61 Å². The fourth-order valence-electron chi connectivity index (χ4n) is 0.604. The van der Waals surface area contributed by atoms with Crippen molar-refractivity contribution in [1.82, 2.24) is 0 Å². The average molecular weight is 186 g/mol. The Kier molecular flexibility index (Phi) is 5.09. The molecule has 0 aliphatic carbocycles. The van der Waals surface area contributed by atoms with Gasteiger partial charge >= 0.3 is 0 Å². The van der Waals surface area contributed by atoms with E-state index >= 15 is 0 Å². The third-order valence-electron chi connectivity index (χ3n) is 1.24. The Morgan fingerprint density at radius 2 is 2.08 bits per heavy atom. The predicted molar refractivity (Wildman–Crippen MR) is 54.0 cm³/mol. The van der Waals surface area contributed by atoms with E-state index in [1.165, 1.54) is 0 Å². The third kappa shape index (κ3) is 7.69. The van der Waals surface area contributed by atoms with E-state index in [0.29, 0.717) is 11.6 Å². The van der Waals surface area contributed by atoms with E-state index in [1.807, 2.05) is 6.08 Å². The van der Waals surface area contributed by atoms with Gasteiger partial charge in [-0.2, -0.15) is 0 Å². The first kappa shape index (κ1) is 11.6. The van der Waals surface area contributed by atoms with Gasteiger partial charge in [-0.1, -0.05) is 26.8 Å². The molecule has 0 radical (unpaired) electrons. The molecule has 0 atom stereocenters. The maximum atomic E-state index is 10.2. The number of carbonyl (C=O) groups excluding carboxylic acids is 1. The summed E-state index contributed by atoms with van der Waals surface area (Å²) in [5.74, 6) is 0. The van der Waals surface area contributed by atoms with Gasteiger partial charge in [0.25, 0.3) is 0 Å². The molecular formula is C9H18O2Si. The second-order valence-electron chi connectivity index (χ2n) is 4.14. The standard InChI is InChI=1S/C9H18O2Si/c1-8(7-10)5-6-11-12-9(2,3)4/h5,7H,6,12H2,1-4H3. The van der Waals surface area contributed by atoms with Gasteiger partial charge in [-0.15, -0.1) is 0 Å². The maximum Gasteiger partial charge on any atom is 0.167 e. The van der Waals surface area contributed by atoms with Crippen molar-refractivity contribution in [2.45, 2.75) is 32.7 Å². The summed E-state index contributed by atoms with van der Waals surface area (Å²) >= 11 is 0. The van der Waals surface area contributed by atoms with Crippen LogP contribution in [0.1, 0.15) is 27.7 Å². The number of allylic oxidation sites excluding steroid dienone is 1. The molecule has 0 aromatic carbocycles. The van der Waals surface area contributed by atoms with Crippen LogP contribution in [0.5, 0.6) is 0 Å². The summed E-state index contributed by atoms with van der Waals surface area (Å²) in [7, 11) is -0.461. The molecule has 2 nitrogen and oxygen atoms in total. The molecule has 0 amide bonds. The SMILES string of the molecule is CC(C=O)=CCO[SiH2]C(C)(C)C. The second kappa shape index (κ2) is 5.27. The fourth-order valence-corrected chi connectivity index (χ4v) is 1.45. The summed E-state index contributed by atoms with van der Waals surface area (Å²) in [6, 6.07) is 0. The van der Waals surface area contributed by atoms with Crippen molar-refractivity contribution in [3.63, 3.8) is 0 Å². The monoisotopic (exact) mass is 186 g/mol. The highest BCUT2D eigenvalue weighted by molar-refractivity contribution is 6.31. The molecule has 0 saturated carbocycles. The zero-order valence-electron chi connectivity index (χ0n) is 8.39. The summed E-state index contributed by atoms with van der Waals surface area (Å²) < 4.78 is 5.47. The zero-order chi connectivity index (χ0) is 9.61. The average Bonchev–Trinajstić information content (AvgIpc) is 1.96. The van der Waals surface area contributed by atoms with Gasteiger partial charge in [0.05, 0.1) is 6.61 Å². The third-order valence-corrected chi connectivity index (χ3v) is 2.55. The highest BCUT2D eigenvalue weighted by Crippen LogP contribution is 2.19. The topological polar surface area (TPSA) is 26.3 Å². The van der Waals surface area contributed by atoms with Gasteiger partial charge in [0.15, 0.2) is 9.76 Å². The molecule has 0 aromatic heterocycles. The van der Waals surface area contributed by atoms with E-state index in [-0.39, 0.29) is 0 Å². The zero-order valence-corrected chi connectivity index (χ0v) is 9.80. The van der Waals surface area contributed by atoms with Crippen LogP contribution in [0.2, 0.25) is 5.04 Å². The minimum absolute atomic E-state index is 0.336. The lowest BCUT2D eigenvalue weighted by atomic mass is 10.3. The Bertz CT molecular complexity index is 168. The summed E-state index contributed by atoms with van der Waals surface area (Å²) in [6.45, 7) is 8.91. The Hall–Kier alpha value is -0.413. The molecule has 0 bridgehead atoms. The number of hydrogen-bond donors (Lipinski definition) is 0. The lowest BCUT2D eigenvalue weighted by molar-refractivity contribution is -0.104. The summed E-state index contributed by atoms with van der Waals surface area (Å²) in [5, 5.41) is 0.336. The first-order valence-electron chi connectivity index (χ1n) is 4.15. The molecule has 0 spiro atoms. The molecule has 3 heteroatoms. The van der Waals surface area contributed by atoms with Gasteiger partial charge in [-0.25, -0.2) is 0 Å². The molecule has 0 heterocycles. The Morgan fingerprint density at radius 3 is 2.50 bits per heavy atom. The van der Waals surface area contributed by atoms with Crippen molar-refractivity contribution in [1.29, 1.82) is 0 Å². The van der Waals surface area contributed by atoms with E-state index in [9.17, 15) is 4.79 Å². The van der Waals surface area contributed by atoms with Crippen LogP contribution in [0.25, 0.3) is 0 Å². The minimum Gasteiger partial charge on any atom is -0.420 e. The molecule has 0 aliphatic rings. The molecule has 0 unspecified atom stereocenters. The highest BCUT2D eigenvalue weighted by atomic mass is 28.2. The van der Waals surface area contributed by atoms with E-state index in [1.54, 1.807) is 6.92 Å². The van der Waals surface area contributed by atoms with E-state index in [4.69, 9.17) is 4.43 Å². The molecule has 0 rings (SSSR count). The smallest absolute Gasteiger partial charge is 0.167 e. The number of hydrogen-bond acceptors (Lipinski definition) is 2. The van der Waals surface area contributed by atoms with Crippen molar-refractivity contribution in [2.24, 2.45) is 0 Å². The molecule has 0 saturated heterocycles. The van der Waals surface area contributed by atoms with Crippen LogP contribution in [-0.2, 0) is 9.22 Å². The van der Waals surface area contributed by atoms with Crippen LogP contribution in [-0.4, -0.2) is 22.7 Å². The van der Waals surface area contributed by atoms with Crippen molar-refractivity contribution in [3.05, 3.63) is 11.6 Å². The predicted octanol–water partition coefficient (Wildman–Crippen LogP) is 1.45. The summed E-state index contributed by atoms with van der Waals surface area (Å²) in [6.07, 6.45) is 2.67. The first-order valence-corrected chi connectivity index (χ1v) is 5.44.